The summed E-state index contributed by atoms with van der Waals surface area (Å²) in [6, 6.07) is 12.1. The summed E-state index contributed by atoms with van der Waals surface area (Å²) < 4.78 is 5.31. The van der Waals surface area contributed by atoms with Gasteiger partial charge in [-0.3, -0.25) is 0 Å². The van der Waals surface area contributed by atoms with Crippen molar-refractivity contribution in [2.24, 2.45) is 17.3 Å². The predicted octanol–water partition coefficient (Wildman–Crippen LogP) is 2.85. The lowest BCUT2D eigenvalue weighted by molar-refractivity contribution is -0.129. The average molecular weight is 271 g/mol. The van der Waals surface area contributed by atoms with Gasteiger partial charge < -0.3 is 9.84 Å². The van der Waals surface area contributed by atoms with E-state index in [1.807, 2.05) is 30.3 Å². The molecule has 0 heterocycles. The Morgan fingerprint density at radius 3 is 2.65 bits per heavy atom. The number of hydrogen-bond donors (Lipinski definition) is 1. The van der Waals surface area contributed by atoms with Gasteiger partial charge in [-0.2, -0.15) is 5.26 Å². The van der Waals surface area contributed by atoms with E-state index in [0.29, 0.717) is 5.92 Å². The summed E-state index contributed by atoms with van der Waals surface area (Å²) in [6.45, 7) is 0.174. The Hall–Kier alpha value is -1.37. The number of nitrogens with zero attached hydrogens (tertiary/aromatic N) is 1. The van der Waals surface area contributed by atoms with Crippen LogP contribution in [0.2, 0.25) is 0 Å². The summed E-state index contributed by atoms with van der Waals surface area (Å²) in [6.07, 6.45) is 4.12. The van der Waals surface area contributed by atoms with Crippen molar-refractivity contribution < 1.29 is 9.84 Å². The molecule has 0 spiro atoms. The largest absolute Gasteiger partial charge is 0.381 e. The highest BCUT2D eigenvalue weighted by atomic mass is 16.5. The van der Waals surface area contributed by atoms with Gasteiger partial charge in [0.15, 0.2) is 0 Å². The molecule has 106 valence electrons. The van der Waals surface area contributed by atoms with Gasteiger partial charge in [0.1, 0.15) is 5.60 Å². The van der Waals surface area contributed by atoms with Crippen molar-refractivity contribution in [1.29, 1.82) is 5.26 Å². The molecule has 1 N–H and O–H groups in total. The van der Waals surface area contributed by atoms with Crippen molar-refractivity contribution in [2.45, 2.75) is 31.3 Å². The van der Waals surface area contributed by atoms with Crippen molar-refractivity contribution in [3.63, 3.8) is 0 Å². The molecule has 3 rings (SSSR count). The van der Waals surface area contributed by atoms with E-state index in [2.05, 4.69) is 6.07 Å². The average Bonchev–Trinajstić information content (AvgIpc) is 3.09. The van der Waals surface area contributed by atoms with Crippen LogP contribution in [-0.4, -0.2) is 18.8 Å². The van der Waals surface area contributed by atoms with Gasteiger partial charge in [-0.1, -0.05) is 36.8 Å². The van der Waals surface area contributed by atoms with Crippen LogP contribution in [0.5, 0.6) is 0 Å². The highest BCUT2D eigenvalue weighted by Gasteiger charge is 2.62. The minimum atomic E-state index is -1.21. The highest BCUT2D eigenvalue weighted by molar-refractivity contribution is 5.32. The molecule has 1 aromatic rings. The number of benzene rings is 1. The Bertz CT molecular complexity index is 524. The Morgan fingerprint density at radius 2 is 2.15 bits per heavy atom. The number of aliphatic hydroxyl groups is 1. The third-order valence-electron chi connectivity index (χ3n) is 5.39. The van der Waals surface area contributed by atoms with Crippen LogP contribution in [0.25, 0.3) is 0 Å². The number of methoxy groups -OCH3 is 1. The quantitative estimate of drug-likeness (QED) is 0.916. The monoisotopic (exact) mass is 271 g/mol. The first kappa shape index (κ1) is 13.6. The molecule has 4 atom stereocenters. The van der Waals surface area contributed by atoms with Gasteiger partial charge in [-0.05, 0) is 36.7 Å². The fourth-order valence-corrected chi connectivity index (χ4v) is 4.46. The number of nitriles is 1. The van der Waals surface area contributed by atoms with Crippen LogP contribution in [0.4, 0.5) is 0 Å². The summed E-state index contributed by atoms with van der Waals surface area (Å²) in [4.78, 5) is 0. The van der Waals surface area contributed by atoms with E-state index in [9.17, 15) is 10.4 Å². The molecule has 2 fully saturated rings. The molecule has 2 aliphatic rings. The van der Waals surface area contributed by atoms with Crippen molar-refractivity contribution in [2.75, 3.05) is 13.7 Å². The molecular formula is C17H21NO2. The molecule has 4 unspecified atom stereocenters. The first-order valence-corrected chi connectivity index (χ1v) is 7.34. The number of hydrogen-bond acceptors (Lipinski definition) is 3. The summed E-state index contributed by atoms with van der Waals surface area (Å²) in [5.74, 6) is 0.879. The van der Waals surface area contributed by atoms with E-state index >= 15 is 0 Å². The van der Waals surface area contributed by atoms with Crippen molar-refractivity contribution in [3.8, 4) is 6.07 Å². The van der Waals surface area contributed by atoms with Crippen LogP contribution in [0, 0.1) is 28.6 Å². The van der Waals surface area contributed by atoms with E-state index in [1.54, 1.807) is 7.11 Å². The first-order chi connectivity index (χ1) is 9.66. The summed E-state index contributed by atoms with van der Waals surface area (Å²) in [5, 5.41) is 21.3. The second-order valence-corrected chi connectivity index (χ2v) is 6.32. The van der Waals surface area contributed by atoms with Gasteiger partial charge in [0.25, 0.3) is 0 Å². The number of rotatable bonds is 4. The lowest BCUT2D eigenvalue weighted by Gasteiger charge is -2.45. The molecule has 3 heteroatoms. The lowest BCUT2D eigenvalue weighted by atomic mass is 9.61. The van der Waals surface area contributed by atoms with E-state index in [1.165, 1.54) is 6.42 Å². The van der Waals surface area contributed by atoms with E-state index in [4.69, 9.17) is 4.74 Å². The van der Waals surface area contributed by atoms with E-state index in [0.717, 1.165) is 24.8 Å². The lowest BCUT2D eigenvalue weighted by Crippen LogP contribution is -2.51. The second-order valence-electron chi connectivity index (χ2n) is 6.32. The number of fused-ring (bicyclic) bond motifs is 2. The molecule has 0 saturated heterocycles. The van der Waals surface area contributed by atoms with Gasteiger partial charge in [-0.25, -0.2) is 0 Å². The molecule has 1 aromatic carbocycles. The molecule has 0 radical (unpaired) electrons. The van der Waals surface area contributed by atoms with Crippen LogP contribution in [0.15, 0.2) is 30.3 Å². The van der Waals surface area contributed by atoms with Gasteiger partial charge in [0.2, 0.25) is 0 Å². The maximum Gasteiger partial charge on any atom is 0.132 e. The molecule has 0 amide bonds. The maximum atomic E-state index is 11.4. The Balaban J connectivity index is 2.08. The van der Waals surface area contributed by atoms with Gasteiger partial charge in [0, 0.05) is 7.11 Å². The van der Waals surface area contributed by atoms with Crippen LogP contribution >= 0.6 is 0 Å². The molecule has 2 aliphatic carbocycles. The normalized spacial score (nSPS) is 34.6. The van der Waals surface area contributed by atoms with Crippen LogP contribution in [0.3, 0.4) is 0 Å². The molecule has 0 aromatic heterocycles. The minimum absolute atomic E-state index is 0.174. The van der Waals surface area contributed by atoms with E-state index < -0.39 is 11.0 Å². The maximum absolute atomic E-state index is 11.4. The zero-order valence-electron chi connectivity index (χ0n) is 11.9. The van der Waals surface area contributed by atoms with Gasteiger partial charge in [0.05, 0.1) is 18.1 Å². The molecule has 2 saturated carbocycles. The third kappa shape index (κ3) is 1.72. The topological polar surface area (TPSA) is 53.2 Å². The zero-order chi connectivity index (χ0) is 14.2. The van der Waals surface area contributed by atoms with Crippen LogP contribution in [-0.2, 0) is 10.3 Å². The fourth-order valence-electron chi connectivity index (χ4n) is 4.46. The molecule has 3 nitrogen and oxygen atoms in total. The zero-order valence-corrected chi connectivity index (χ0v) is 11.9. The molecule has 2 bridgehead atoms. The Labute approximate surface area is 120 Å². The Kier molecular flexibility index (Phi) is 3.32. The molecular weight excluding hydrogens is 250 g/mol. The van der Waals surface area contributed by atoms with E-state index in [-0.39, 0.29) is 12.5 Å². The van der Waals surface area contributed by atoms with Crippen molar-refractivity contribution >= 4 is 0 Å². The van der Waals surface area contributed by atoms with Crippen molar-refractivity contribution in [3.05, 3.63) is 35.9 Å². The fraction of sp³-hybridized carbons (Fsp3) is 0.588. The highest BCUT2D eigenvalue weighted by Crippen LogP contribution is 2.62. The Morgan fingerprint density at radius 1 is 1.40 bits per heavy atom. The molecule has 20 heavy (non-hydrogen) atoms. The number of ether oxygens (including phenoxy) is 1. The van der Waals surface area contributed by atoms with Crippen LogP contribution in [0.1, 0.15) is 31.2 Å². The molecule has 0 aliphatic heterocycles. The summed E-state index contributed by atoms with van der Waals surface area (Å²) in [5.41, 5.74) is -1.11. The summed E-state index contributed by atoms with van der Waals surface area (Å²) in [7, 11) is 1.59. The standard InChI is InChI=1S/C17H21NO2/c1-20-12-17(19,14-5-3-2-4-6-14)16(11-18)10-13-7-8-15(16)9-13/h2-6,13,15,19H,7-10,12H2,1H3. The smallest absolute Gasteiger partial charge is 0.132 e. The predicted molar refractivity (Wildman–Crippen MR) is 75.7 cm³/mol. The van der Waals surface area contributed by atoms with Gasteiger partial charge >= 0.3 is 0 Å². The third-order valence-corrected chi connectivity index (χ3v) is 5.39. The first-order valence-electron chi connectivity index (χ1n) is 7.34. The van der Waals surface area contributed by atoms with Crippen LogP contribution < -0.4 is 0 Å². The van der Waals surface area contributed by atoms with Crippen molar-refractivity contribution in [1.82, 2.24) is 0 Å². The minimum Gasteiger partial charge on any atom is -0.381 e. The summed E-state index contributed by atoms with van der Waals surface area (Å²) >= 11 is 0. The van der Waals surface area contributed by atoms with Gasteiger partial charge in [-0.15, -0.1) is 0 Å². The SMILES string of the molecule is COCC(O)(c1ccccc1)C1(C#N)CC2CCC1C2. The second kappa shape index (κ2) is 4.87.